The molecular formula is C21H24FN3O3. The van der Waals surface area contributed by atoms with Gasteiger partial charge in [0.2, 0.25) is 0 Å². The molecule has 0 aromatic heterocycles. The Morgan fingerprint density at radius 1 is 1.32 bits per heavy atom. The minimum absolute atomic E-state index is 0.0651. The van der Waals surface area contributed by atoms with E-state index in [1.54, 1.807) is 11.1 Å². The normalized spacial score (nSPS) is 21.9. The molecule has 0 radical (unpaired) electrons. The molecule has 7 heteroatoms. The zero-order chi connectivity index (χ0) is 20.5. The van der Waals surface area contributed by atoms with Gasteiger partial charge in [0.15, 0.2) is 0 Å². The van der Waals surface area contributed by atoms with E-state index in [-0.39, 0.29) is 23.5 Å². The Morgan fingerprint density at radius 2 is 2.00 bits per heavy atom. The van der Waals surface area contributed by atoms with Crippen LogP contribution in [0.3, 0.4) is 0 Å². The van der Waals surface area contributed by atoms with Crippen molar-refractivity contribution >= 4 is 11.6 Å². The summed E-state index contributed by atoms with van der Waals surface area (Å²) in [5.74, 6) is -0.217. The first-order valence-electron chi connectivity index (χ1n) is 9.32. The van der Waals surface area contributed by atoms with Crippen LogP contribution in [0.4, 0.5) is 10.1 Å². The van der Waals surface area contributed by atoms with E-state index >= 15 is 0 Å². The molecule has 0 saturated carbocycles. The van der Waals surface area contributed by atoms with Gasteiger partial charge >= 0.3 is 0 Å². The fraction of sp³-hybridized carbons (Fsp3) is 0.381. The molecule has 1 heterocycles. The van der Waals surface area contributed by atoms with Crippen molar-refractivity contribution in [1.82, 2.24) is 10.4 Å². The van der Waals surface area contributed by atoms with Crippen molar-refractivity contribution in [3.63, 3.8) is 0 Å². The van der Waals surface area contributed by atoms with Gasteiger partial charge in [0.1, 0.15) is 5.82 Å². The molecule has 1 fully saturated rings. The number of nitrogens with zero attached hydrogens (tertiary/aromatic N) is 2. The summed E-state index contributed by atoms with van der Waals surface area (Å²) < 4.78 is 13.9. The highest BCUT2D eigenvalue weighted by atomic mass is 19.1. The van der Waals surface area contributed by atoms with E-state index in [0.717, 1.165) is 6.42 Å². The number of nitrogens with one attached hydrogen (secondary N) is 1. The second-order valence-electron chi connectivity index (χ2n) is 7.89. The molecule has 0 bridgehead atoms. The number of nitro benzene ring substituents is 1. The largest absolute Gasteiger partial charge is 0.269 e. The lowest BCUT2D eigenvalue weighted by Crippen LogP contribution is -2.49. The van der Waals surface area contributed by atoms with Crippen LogP contribution in [0, 0.1) is 21.8 Å². The lowest BCUT2D eigenvalue weighted by Gasteiger charge is -2.35. The minimum Gasteiger partial charge on any atom is -0.268 e. The number of carbonyl (C=O) groups excluding carboxylic acids is 1. The van der Waals surface area contributed by atoms with E-state index in [0.29, 0.717) is 23.5 Å². The van der Waals surface area contributed by atoms with Crippen LogP contribution in [0.5, 0.6) is 0 Å². The van der Waals surface area contributed by atoms with Crippen LogP contribution in [-0.2, 0) is 5.54 Å². The van der Waals surface area contributed by atoms with Crippen LogP contribution >= 0.6 is 0 Å². The number of halogens is 1. The Kier molecular flexibility index (Phi) is 5.47. The summed E-state index contributed by atoms with van der Waals surface area (Å²) in [5.41, 5.74) is 3.53. The van der Waals surface area contributed by atoms with Gasteiger partial charge in [0, 0.05) is 23.7 Å². The number of rotatable bonds is 5. The third-order valence-corrected chi connectivity index (χ3v) is 5.18. The van der Waals surface area contributed by atoms with Crippen LogP contribution < -0.4 is 5.43 Å². The van der Waals surface area contributed by atoms with E-state index in [4.69, 9.17) is 0 Å². The zero-order valence-electron chi connectivity index (χ0n) is 16.2. The average Bonchev–Trinajstić information content (AvgIpc) is 2.98. The maximum absolute atomic E-state index is 13.9. The van der Waals surface area contributed by atoms with Crippen molar-refractivity contribution in [3.05, 3.63) is 75.6 Å². The van der Waals surface area contributed by atoms with Crippen molar-refractivity contribution in [1.29, 1.82) is 0 Å². The monoisotopic (exact) mass is 385 g/mol. The SMILES string of the molecule is CC(C)C[C@@H]1C[C@](C)(c2cccc(F)c2)N(C(=O)c2ccc([N+](=O)[O-])cc2)N1. The van der Waals surface area contributed by atoms with Gasteiger partial charge in [-0.15, -0.1) is 0 Å². The second-order valence-corrected chi connectivity index (χ2v) is 7.89. The number of hydrogen-bond donors (Lipinski definition) is 1. The van der Waals surface area contributed by atoms with Crippen molar-refractivity contribution < 1.29 is 14.1 Å². The molecule has 0 unspecified atom stereocenters. The fourth-order valence-corrected chi connectivity index (χ4v) is 3.85. The molecule has 2 aromatic carbocycles. The Balaban J connectivity index is 1.96. The zero-order valence-corrected chi connectivity index (χ0v) is 16.2. The molecule has 3 rings (SSSR count). The first-order valence-corrected chi connectivity index (χ1v) is 9.32. The van der Waals surface area contributed by atoms with E-state index in [1.165, 1.54) is 36.4 Å². The molecule has 1 aliphatic heterocycles. The van der Waals surface area contributed by atoms with Gasteiger partial charge in [-0.2, -0.15) is 0 Å². The van der Waals surface area contributed by atoms with Crippen molar-refractivity contribution in [2.75, 3.05) is 0 Å². The second kappa shape index (κ2) is 7.67. The predicted molar refractivity (Wildman–Crippen MR) is 104 cm³/mol. The molecule has 1 N–H and O–H groups in total. The number of hydrazine groups is 1. The molecule has 1 amide bonds. The Hall–Kier alpha value is -2.80. The maximum atomic E-state index is 13.9. The third-order valence-electron chi connectivity index (χ3n) is 5.18. The van der Waals surface area contributed by atoms with Gasteiger partial charge in [-0.1, -0.05) is 26.0 Å². The molecule has 2 atom stereocenters. The highest BCUT2D eigenvalue weighted by Crippen LogP contribution is 2.39. The molecule has 6 nitrogen and oxygen atoms in total. The maximum Gasteiger partial charge on any atom is 0.269 e. The number of nitro groups is 1. The molecule has 2 aromatic rings. The Morgan fingerprint density at radius 3 is 2.57 bits per heavy atom. The summed E-state index contributed by atoms with van der Waals surface area (Å²) in [4.78, 5) is 23.6. The van der Waals surface area contributed by atoms with E-state index < -0.39 is 10.5 Å². The molecule has 28 heavy (non-hydrogen) atoms. The minimum atomic E-state index is -0.736. The average molecular weight is 385 g/mol. The molecule has 1 aliphatic rings. The summed E-state index contributed by atoms with van der Waals surface area (Å²) in [5, 5.41) is 12.4. The predicted octanol–water partition coefficient (Wildman–Crippen LogP) is 4.41. The summed E-state index contributed by atoms with van der Waals surface area (Å²) in [6.07, 6.45) is 1.52. The smallest absolute Gasteiger partial charge is 0.268 e. The molecule has 0 aliphatic carbocycles. The van der Waals surface area contributed by atoms with Gasteiger partial charge in [-0.25, -0.2) is 9.82 Å². The van der Waals surface area contributed by atoms with Crippen molar-refractivity contribution in [2.24, 2.45) is 5.92 Å². The van der Waals surface area contributed by atoms with Gasteiger partial charge in [0.05, 0.1) is 10.5 Å². The van der Waals surface area contributed by atoms with E-state index in [1.807, 2.05) is 13.0 Å². The molecule has 0 spiro atoms. The standard InChI is InChI=1S/C21H24FN3O3/c1-14(2)11-18-13-21(3,16-5-4-6-17(22)12-16)24(23-18)20(26)15-7-9-19(10-8-15)25(27)28/h4-10,12,14,18,23H,11,13H2,1-3H3/t18-,21-/m1/s1. The Labute approximate surface area is 163 Å². The van der Waals surface area contributed by atoms with Crippen molar-refractivity contribution in [3.8, 4) is 0 Å². The van der Waals surface area contributed by atoms with Crippen LogP contribution in [0.1, 0.15) is 49.5 Å². The fourth-order valence-electron chi connectivity index (χ4n) is 3.85. The molecule has 1 saturated heterocycles. The summed E-state index contributed by atoms with van der Waals surface area (Å²) in [6, 6.07) is 11.9. The first-order chi connectivity index (χ1) is 13.2. The number of carbonyl (C=O) groups is 1. The summed E-state index contributed by atoms with van der Waals surface area (Å²) in [7, 11) is 0. The van der Waals surface area contributed by atoms with E-state index in [9.17, 15) is 19.3 Å². The Bertz CT molecular complexity index is 885. The number of non-ortho nitro benzene ring substituents is 1. The van der Waals surface area contributed by atoms with Crippen molar-refractivity contribution in [2.45, 2.75) is 45.2 Å². The topological polar surface area (TPSA) is 75.5 Å². The van der Waals surface area contributed by atoms with Gasteiger partial charge in [-0.3, -0.25) is 19.9 Å². The quantitative estimate of drug-likeness (QED) is 0.611. The van der Waals surface area contributed by atoms with Gasteiger partial charge < -0.3 is 0 Å². The van der Waals surface area contributed by atoms with Crippen LogP contribution in [0.25, 0.3) is 0 Å². The highest BCUT2D eigenvalue weighted by molar-refractivity contribution is 5.95. The van der Waals surface area contributed by atoms with Crippen LogP contribution in [0.15, 0.2) is 48.5 Å². The number of benzene rings is 2. The summed E-state index contributed by atoms with van der Waals surface area (Å²) >= 11 is 0. The number of hydrogen-bond acceptors (Lipinski definition) is 4. The van der Waals surface area contributed by atoms with Crippen LogP contribution in [0.2, 0.25) is 0 Å². The van der Waals surface area contributed by atoms with Gasteiger partial charge in [0.25, 0.3) is 11.6 Å². The van der Waals surface area contributed by atoms with E-state index in [2.05, 4.69) is 19.3 Å². The highest BCUT2D eigenvalue weighted by Gasteiger charge is 2.46. The molecular weight excluding hydrogens is 361 g/mol. The lowest BCUT2D eigenvalue weighted by atomic mass is 9.85. The van der Waals surface area contributed by atoms with Crippen LogP contribution in [-0.4, -0.2) is 21.9 Å². The lowest BCUT2D eigenvalue weighted by molar-refractivity contribution is -0.384. The summed E-state index contributed by atoms with van der Waals surface area (Å²) in [6.45, 7) is 6.14. The molecule has 148 valence electrons. The third kappa shape index (κ3) is 3.89. The van der Waals surface area contributed by atoms with Gasteiger partial charge in [-0.05, 0) is 55.5 Å². The number of amides is 1. The first kappa shape index (κ1) is 19.9.